The topological polar surface area (TPSA) is 0 Å². The quantitative estimate of drug-likeness (QED) is 0.268. The van der Waals surface area contributed by atoms with Crippen LogP contribution in [0.15, 0.2) is 59.2 Å². The fourth-order valence-electron chi connectivity index (χ4n) is 6.67. The molecule has 2 aromatic rings. The monoisotopic (exact) mass is 636 g/mol. The number of halogens is 2. The van der Waals surface area contributed by atoms with Crippen molar-refractivity contribution in [2.75, 3.05) is 0 Å². The Morgan fingerprint density at radius 2 is 1.05 bits per heavy atom. The van der Waals surface area contributed by atoms with Gasteiger partial charge in [-0.2, -0.15) is 0 Å². The standard InChI is InChI=1S/2C17H24P.2ClH.Ti/c1-16(2,3)18(17(4,5)6)15-11-13-9-7-8-10-14(13)12-15;1-5-13(3)18(14(4)6-2)17-11-15-9-7-8-10-16(15)12-17;;;/h7-12H,1-6H3;7-14H,5-6H2,1-4H3;2*1H;/q;;;;+2/p-2. The number of benzene rings is 2. The van der Waals surface area contributed by atoms with Gasteiger partial charge in [0.1, 0.15) is 0 Å². The fraction of sp³-hybridized carbons (Fsp3) is 0.529. The van der Waals surface area contributed by atoms with Crippen molar-refractivity contribution in [1.82, 2.24) is 0 Å². The van der Waals surface area contributed by atoms with E-state index in [1.165, 1.54) is 24.0 Å². The first-order valence-corrected chi connectivity index (χ1v) is 19.0. The molecule has 2 aliphatic carbocycles. The Morgan fingerprint density at radius 1 is 0.667 bits per heavy atom. The zero-order valence-corrected chi connectivity index (χ0v) is 30.5. The maximum absolute atomic E-state index is 2.66. The van der Waals surface area contributed by atoms with E-state index >= 15 is 0 Å². The molecule has 0 amide bonds. The van der Waals surface area contributed by atoms with E-state index in [9.17, 15) is 0 Å². The Labute approximate surface area is 263 Å². The fourth-order valence-corrected chi connectivity index (χ4v) is 18.9. The van der Waals surface area contributed by atoms with E-state index in [1.54, 1.807) is 16.4 Å². The molecule has 0 aliphatic heterocycles. The number of hydrogen-bond acceptors (Lipinski definition) is 0. The second-order valence-corrected chi connectivity index (χ2v) is 22.3. The van der Waals surface area contributed by atoms with Crippen molar-refractivity contribution in [3.05, 3.63) is 81.4 Å². The summed E-state index contributed by atoms with van der Waals surface area (Å²) in [5.74, 6) is 0. The zero-order chi connectivity index (χ0) is 27.1. The predicted octanol–water partition coefficient (Wildman–Crippen LogP) is 5.43. The van der Waals surface area contributed by atoms with E-state index in [4.69, 9.17) is 0 Å². The molecular weight excluding hydrogens is 589 g/mol. The Balaban J connectivity index is 0.00000267. The number of allylic oxidation sites excluding steroid dienone is 2. The molecule has 39 heavy (non-hydrogen) atoms. The molecule has 4 unspecified atom stereocenters. The molecule has 0 heterocycles. The summed E-state index contributed by atoms with van der Waals surface area (Å²) in [6, 6.07) is 18.8. The molecule has 2 aliphatic rings. The first-order chi connectivity index (χ1) is 17.4. The van der Waals surface area contributed by atoms with Crippen LogP contribution in [-0.4, -0.2) is 21.6 Å². The van der Waals surface area contributed by atoms with Gasteiger partial charge in [0.15, 0.2) is 0 Å². The van der Waals surface area contributed by atoms with Crippen molar-refractivity contribution in [2.45, 2.75) is 112 Å². The van der Waals surface area contributed by atoms with Crippen molar-refractivity contribution < 1.29 is 44.0 Å². The molecule has 0 bridgehead atoms. The smallest absolute Gasteiger partial charge is 1.00 e. The van der Waals surface area contributed by atoms with E-state index in [2.05, 4.69) is 130 Å². The second kappa shape index (κ2) is 14.0. The molecule has 0 saturated carbocycles. The van der Waals surface area contributed by atoms with Crippen molar-refractivity contribution in [1.29, 1.82) is 0 Å². The first kappa shape index (κ1) is 35.3. The third-order valence-corrected chi connectivity index (χ3v) is 19.1. The largest absolute Gasteiger partial charge is 1.00 e. The molecule has 0 aromatic heterocycles. The van der Waals surface area contributed by atoms with Crippen molar-refractivity contribution in [3.63, 3.8) is 0 Å². The molecule has 212 valence electrons. The van der Waals surface area contributed by atoms with Crippen LogP contribution in [0.2, 0.25) is 0 Å². The number of rotatable bonds is 8. The van der Waals surface area contributed by atoms with Crippen LogP contribution in [0.3, 0.4) is 0 Å². The molecule has 2 aromatic carbocycles. The van der Waals surface area contributed by atoms with Crippen LogP contribution in [-0.2, 0) is 19.2 Å². The molecular formula is C34H48Cl2P2Ti. The van der Waals surface area contributed by atoms with Crippen LogP contribution < -0.4 is 24.8 Å². The van der Waals surface area contributed by atoms with Crippen LogP contribution in [0.4, 0.5) is 0 Å². The molecule has 0 N–H and O–H groups in total. The van der Waals surface area contributed by atoms with Crippen LogP contribution in [0.5, 0.6) is 0 Å². The third-order valence-electron chi connectivity index (χ3n) is 8.18. The SMILES string of the molecule is CCC(C)P(C1=Cc2ccccc2[CH]1[Ti+2][CH]1C(P(C(C)(C)C)C(C)(C)C)=Cc2ccccc21)C(C)CC.[Cl-].[Cl-]. The summed E-state index contributed by atoms with van der Waals surface area (Å²) in [7, 11) is -0.454. The van der Waals surface area contributed by atoms with Gasteiger partial charge in [-0.25, -0.2) is 0 Å². The first-order valence-electron chi connectivity index (χ1n) is 14.3. The summed E-state index contributed by atoms with van der Waals surface area (Å²) in [5.41, 5.74) is 7.83. The average Bonchev–Trinajstić information content (AvgIpc) is 3.35. The van der Waals surface area contributed by atoms with Gasteiger partial charge in [0.2, 0.25) is 0 Å². The maximum atomic E-state index is 2.66. The summed E-state index contributed by atoms with van der Waals surface area (Å²) in [6.45, 7) is 24.8. The van der Waals surface area contributed by atoms with Gasteiger partial charge in [0, 0.05) is 0 Å². The summed E-state index contributed by atoms with van der Waals surface area (Å²) in [5, 5.41) is 4.20. The summed E-state index contributed by atoms with van der Waals surface area (Å²) in [4.78, 5) is 0. The second-order valence-electron chi connectivity index (χ2n) is 13.0. The van der Waals surface area contributed by atoms with Gasteiger partial charge < -0.3 is 24.8 Å². The van der Waals surface area contributed by atoms with Crippen LogP contribution >= 0.6 is 15.8 Å². The zero-order valence-electron chi connectivity index (χ0n) is 25.6. The van der Waals surface area contributed by atoms with Gasteiger partial charge in [-0.15, -0.1) is 0 Å². The molecule has 4 atom stereocenters. The Kier molecular flexibility index (Phi) is 12.7. The van der Waals surface area contributed by atoms with Crippen LogP contribution in [0.25, 0.3) is 12.2 Å². The molecule has 0 radical (unpaired) electrons. The van der Waals surface area contributed by atoms with E-state index in [1.807, 2.05) is 5.31 Å². The van der Waals surface area contributed by atoms with E-state index in [0.29, 0.717) is 8.45 Å². The molecule has 4 rings (SSSR count). The Bertz CT molecular complexity index is 1150. The molecule has 5 heteroatoms. The van der Waals surface area contributed by atoms with Gasteiger partial charge in [0.05, 0.1) is 0 Å². The summed E-state index contributed by atoms with van der Waals surface area (Å²) < 4.78 is 1.28. The van der Waals surface area contributed by atoms with E-state index in [-0.39, 0.29) is 70.1 Å². The third kappa shape index (κ3) is 7.36. The normalized spacial score (nSPS) is 20.5. The van der Waals surface area contributed by atoms with Crippen molar-refractivity contribution in [2.24, 2.45) is 0 Å². The maximum Gasteiger partial charge on any atom is -1.00 e. The number of fused-ring (bicyclic) bond motifs is 2. The van der Waals surface area contributed by atoms with E-state index in [0.717, 1.165) is 11.3 Å². The van der Waals surface area contributed by atoms with E-state index < -0.39 is 0 Å². The number of hydrogen-bond donors (Lipinski definition) is 0. The molecule has 0 spiro atoms. The Hall–Kier alpha value is 0.0743. The van der Waals surface area contributed by atoms with Crippen molar-refractivity contribution in [3.8, 4) is 0 Å². The molecule has 0 nitrogen and oxygen atoms in total. The minimum absolute atomic E-state index is 0. The van der Waals surface area contributed by atoms with Crippen LogP contribution in [0.1, 0.15) is 113 Å². The molecule has 0 saturated heterocycles. The van der Waals surface area contributed by atoms with Gasteiger partial charge in [0.25, 0.3) is 0 Å². The van der Waals surface area contributed by atoms with Gasteiger partial charge >= 0.3 is 241 Å². The average molecular weight is 637 g/mol. The summed E-state index contributed by atoms with van der Waals surface area (Å²) in [6.07, 6.45) is 7.87. The minimum atomic E-state index is -0.359. The van der Waals surface area contributed by atoms with Gasteiger partial charge in [-0.1, -0.05) is 0 Å². The minimum Gasteiger partial charge on any atom is -1.00 e. The van der Waals surface area contributed by atoms with Crippen LogP contribution in [0, 0.1) is 0 Å². The Morgan fingerprint density at radius 3 is 1.46 bits per heavy atom. The molecule has 0 fully saturated rings. The van der Waals surface area contributed by atoms with Crippen molar-refractivity contribution >= 4 is 28.0 Å². The van der Waals surface area contributed by atoms with Gasteiger partial charge in [-0.3, -0.25) is 0 Å². The summed E-state index contributed by atoms with van der Waals surface area (Å²) >= 11 is -0.359. The predicted molar refractivity (Wildman–Crippen MR) is 167 cm³/mol. The van der Waals surface area contributed by atoms with Gasteiger partial charge in [-0.05, 0) is 0 Å².